The molecule has 2 rings (SSSR count). The van der Waals surface area contributed by atoms with Crippen LogP contribution in [-0.4, -0.2) is 49.3 Å². The minimum Gasteiger partial charge on any atom is -0.493 e. The number of hydrogen-bond acceptors (Lipinski definition) is 6. The van der Waals surface area contributed by atoms with Gasteiger partial charge in [-0.3, -0.25) is 9.59 Å². The molecule has 0 heterocycles. The summed E-state index contributed by atoms with van der Waals surface area (Å²) in [5, 5.41) is 24.4. The second kappa shape index (κ2) is 14.9. The molecule has 0 aliphatic rings. The molecule has 0 unspecified atom stereocenters. The van der Waals surface area contributed by atoms with Gasteiger partial charge in [0.1, 0.15) is 0 Å². The van der Waals surface area contributed by atoms with Crippen LogP contribution in [0.2, 0.25) is 0 Å². The number of carbonyl (C=O) groups excluding carboxylic acids is 2. The number of benzene rings is 2. The van der Waals surface area contributed by atoms with Gasteiger partial charge >= 0.3 is 0 Å². The minimum atomic E-state index is -0.125. The van der Waals surface area contributed by atoms with Crippen LogP contribution in [0, 0.1) is 0 Å². The van der Waals surface area contributed by atoms with Crippen molar-refractivity contribution in [2.75, 3.05) is 27.3 Å². The van der Waals surface area contributed by atoms with Crippen LogP contribution in [0.1, 0.15) is 47.9 Å². The van der Waals surface area contributed by atoms with Crippen molar-refractivity contribution in [1.29, 1.82) is 0 Å². The SMILES string of the molecule is COc1ccc(CCNC(=O)CCCCC(=O)NCCc2ccc(CO)c(CO)c2)cc1OC. The van der Waals surface area contributed by atoms with E-state index < -0.39 is 0 Å². The average Bonchev–Trinajstić information content (AvgIpc) is 2.86. The topological polar surface area (TPSA) is 117 Å². The Morgan fingerprint density at radius 1 is 0.735 bits per heavy atom. The van der Waals surface area contributed by atoms with Gasteiger partial charge in [-0.1, -0.05) is 24.3 Å². The summed E-state index contributed by atoms with van der Waals surface area (Å²) in [5.74, 6) is 1.28. The van der Waals surface area contributed by atoms with Crippen LogP contribution in [0.25, 0.3) is 0 Å². The number of rotatable bonds is 15. The molecule has 0 atom stereocenters. The molecule has 8 nitrogen and oxygen atoms in total. The number of amides is 2. The summed E-state index contributed by atoms with van der Waals surface area (Å²) < 4.78 is 10.5. The second-order valence-electron chi connectivity index (χ2n) is 8.02. The lowest BCUT2D eigenvalue weighted by Crippen LogP contribution is -2.26. The molecule has 0 saturated heterocycles. The van der Waals surface area contributed by atoms with Gasteiger partial charge in [0, 0.05) is 25.9 Å². The third-order valence-electron chi connectivity index (χ3n) is 5.59. The molecule has 8 heteroatoms. The molecular formula is C26H36N2O6. The molecule has 0 aliphatic carbocycles. The van der Waals surface area contributed by atoms with Gasteiger partial charge in [0.05, 0.1) is 27.4 Å². The molecule has 0 fully saturated rings. The summed E-state index contributed by atoms with van der Waals surface area (Å²) in [4.78, 5) is 24.1. The molecule has 186 valence electrons. The van der Waals surface area contributed by atoms with E-state index in [0.717, 1.165) is 11.1 Å². The Kier molecular flexibility index (Phi) is 11.9. The molecular weight excluding hydrogens is 436 g/mol. The van der Waals surface area contributed by atoms with Crippen molar-refractivity contribution < 1.29 is 29.3 Å². The first-order chi connectivity index (χ1) is 16.5. The maximum atomic E-state index is 12.0. The fourth-order valence-corrected chi connectivity index (χ4v) is 3.61. The number of hydrogen-bond donors (Lipinski definition) is 4. The number of methoxy groups -OCH3 is 2. The largest absolute Gasteiger partial charge is 0.493 e. The fourth-order valence-electron chi connectivity index (χ4n) is 3.61. The maximum Gasteiger partial charge on any atom is 0.220 e. The van der Waals surface area contributed by atoms with Gasteiger partial charge in [-0.15, -0.1) is 0 Å². The van der Waals surface area contributed by atoms with Gasteiger partial charge in [0.15, 0.2) is 11.5 Å². The quantitative estimate of drug-likeness (QED) is 0.296. The first-order valence-corrected chi connectivity index (χ1v) is 11.6. The average molecular weight is 473 g/mol. The van der Waals surface area contributed by atoms with Crippen LogP contribution >= 0.6 is 0 Å². The zero-order valence-corrected chi connectivity index (χ0v) is 20.1. The predicted molar refractivity (Wildman–Crippen MR) is 130 cm³/mol. The molecule has 0 saturated carbocycles. The van der Waals surface area contributed by atoms with E-state index in [2.05, 4.69) is 10.6 Å². The molecule has 2 aromatic carbocycles. The van der Waals surface area contributed by atoms with Gasteiger partial charge in [-0.25, -0.2) is 0 Å². The zero-order chi connectivity index (χ0) is 24.8. The van der Waals surface area contributed by atoms with Gasteiger partial charge in [0.2, 0.25) is 11.8 Å². The van der Waals surface area contributed by atoms with Crippen LogP contribution in [0.15, 0.2) is 36.4 Å². The molecule has 0 spiro atoms. The second-order valence-corrected chi connectivity index (χ2v) is 8.02. The first kappa shape index (κ1) is 27.1. The van der Waals surface area contributed by atoms with E-state index in [1.807, 2.05) is 30.3 Å². The highest BCUT2D eigenvalue weighted by atomic mass is 16.5. The minimum absolute atomic E-state index is 0.0214. The van der Waals surface area contributed by atoms with Crippen LogP contribution in [0.4, 0.5) is 0 Å². The van der Waals surface area contributed by atoms with Crippen molar-refractivity contribution >= 4 is 11.8 Å². The summed E-state index contributed by atoms with van der Waals surface area (Å²) in [6, 6.07) is 11.2. The summed E-state index contributed by atoms with van der Waals surface area (Å²) >= 11 is 0. The first-order valence-electron chi connectivity index (χ1n) is 11.6. The Morgan fingerprint density at radius 2 is 1.26 bits per heavy atom. The van der Waals surface area contributed by atoms with Gasteiger partial charge in [-0.2, -0.15) is 0 Å². The van der Waals surface area contributed by atoms with Crippen molar-refractivity contribution in [2.24, 2.45) is 0 Å². The van der Waals surface area contributed by atoms with Crippen molar-refractivity contribution in [2.45, 2.75) is 51.7 Å². The third-order valence-corrected chi connectivity index (χ3v) is 5.59. The standard InChI is InChI=1S/C26H36N2O6/c1-33-23-10-8-20(16-24(23)34-2)12-14-28-26(32)6-4-3-5-25(31)27-13-11-19-7-9-21(17-29)22(15-19)18-30/h7-10,15-16,29-30H,3-6,11-14,17-18H2,1-2H3,(H,27,31)(H,28,32). The lowest BCUT2D eigenvalue weighted by atomic mass is 10.0. The number of unbranched alkanes of at least 4 members (excludes halogenated alkanes) is 1. The monoisotopic (exact) mass is 472 g/mol. The normalized spacial score (nSPS) is 10.6. The summed E-state index contributed by atoms with van der Waals surface area (Å²) in [6.45, 7) is 0.799. The van der Waals surface area contributed by atoms with Crippen molar-refractivity contribution in [1.82, 2.24) is 10.6 Å². The summed E-state index contributed by atoms with van der Waals surface area (Å²) in [7, 11) is 3.18. The van der Waals surface area contributed by atoms with Crippen LogP contribution in [0.5, 0.6) is 11.5 Å². The fraction of sp³-hybridized carbons (Fsp3) is 0.462. The zero-order valence-electron chi connectivity index (χ0n) is 20.1. The Morgan fingerprint density at radius 3 is 1.79 bits per heavy atom. The third kappa shape index (κ3) is 9.03. The number of ether oxygens (including phenoxy) is 2. The molecule has 0 radical (unpaired) electrons. The Labute approximate surface area is 201 Å². The molecule has 0 aromatic heterocycles. The van der Waals surface area contributed by atoms with Gasteiger partial charge in [-0.05, 0) is 60.1 Å². The molecule has 0 aliphatic heterocycles. The Hall–Kier alpha value is -3.10. The summed E-state index contributed by atoms with van der Waals surface area (Å²) in [5.41, 5.74) is 3.45. The summed E-state index contributed by atoms with van der Waals surface area (Å²) in [6.07, 6.45) is 3.40. The number of carbonyl (C=O) groups is 2. The molecule has 4 N–H and O–H groups in total. The smallest absolute Gasteiger partial charge is 0.220 e. The van der Waals surface area contributed by atoms with Crippen molar-refractivity contribution in [3.63, 3.8) is 0 Å². The van der Waals surface area contributed by atoms with E-state index in [-0.39, 0.29) is 25.0 Å². The lowest BCUT2D eigenvalue weighted by molar-refractivity contribution is -0.123. The highest BCUT2D eigenvalue weighted by Crippen LogP contribution is 2.27. The van der Waals surface area contributed by atoms with E-state index in [0.29, 0.717) is 74.2 Å². The van der Waals surface area contributed by atoms with E-state index in [4.69, 9.17) is 9.47 Å². The molecule has 2 aromatic rings. The van der Waals surface area contributed by atoms with E-state index in [1.165, 1.54) is 0 Å². The van der Waals surface area contributed by atoms with Crippen molar-refractivity contribution in [3.8, 4) is 11.5 Å². The maximum absolute atomic E-state index is 12.0. The molecule has 34 heavy (non-hydrogen) atoms. The molecule has 2 amide bonds. The van der Waals surface area contributed by atoms with Gasteiger partial charge < -0.3 is 30.3 Å². The number of nitrogens with one attached hydrogen (secondary N) is 2. The van der Waals surface area contributed by atoms with Crippen LogP contribution in [0.3, 0.4) is 0 Å². The van der Waals surface area contributed by atoms with E-state index in [9.17, 15) is 19.8 Å². The van der Waals surface area contributed by atoms with Crippen molar-refractivity contribution in [3.05, 3.63) is 58.7 Å². The van der Waals surface area contributed by atoms with Gasteiger partial charge in [0.25, 0.3) is 0 Å². The predicted octanol–water partition coefficient (Wildman–Crippen LogP) is 2.27. The van der Waals surface area contributed by atoms with E-state index in [1.54, 1.807) is 20.3 Å². The van der Waals surface area contributed by atoms with E-state index >= 15 is 0 Å². The Balaban J connectivity index is 1.57. The number of aliphatic hydroxyl groups is 2. The van der Waals surface area contributed by atoms with Crippen LogP contribution < -0.4 is 20.1 Å². The lowest BCUT2D eigenvalue weighted by Gasteiger charge is -2.10. The van der Waals surface area contributed by atoms with Crippen LogP contribution in [-0.2, 0) is 35.6 Å². The number of aliphatic hydroxyl groups excluding tert-OH is 2. The highest BCUT2D eigenvalue weighted by Gasteiger charge is 2.07. The molecule has 0 bridgehead atoms. The Bertz CT molecular complexity index is 856. The highest BCUT2D eigenvalue weighted by molar-refractivity contribution is 5.77.